The predicted octanol–water partition coefficient (Wildman–Crippen LogP) is 3.89. The molecule has 0 aliphatic heterocycles. The van der Waals surface area contributed by atoms with Gasteiger partial charge >= 0.3 is 0 Å². The molecule has 4 nitrogen and oxygen atoms in total. The van der Waals surface area contributed by atoms with Gasteiger partial charge in [0.15, 0.2) is 0 Å². The quantitative estimate of drug-likeness (QED) is 0.801. The van der Waals surface area contributed by atoms with Gasteiger partial charge in [-0.3, -0.25) is 0 Å². The third kappa shape index (κ3) is 4.20. The van der Waals surface area contributed by atoms with E-state index in [9.17, 15) is 0 Å². The van der Waals surface area contributed by atoms with Crippen LogP contribution in [0.2, 0.25) is 0 Å². The molecule has 0 amide bonds. The molecule has 0 unspecified atom stereocenters. The fraction of sp³-hybridized carbons (Fsp3) is 0.467. The maximum atomic E-state index is 5.76. The molecule has 0 spiro atoms. The second-order valence-corrected chi connectivity index (χ2v) is 5.37. The van der Waals surface area contributed by atoms with Crippen LogP contribution in [0.4, 0.5) is 5.00 Å². The minimum Gasteiger partial charge on any atom is -0.487 e. The molecule has 2 aromatic rings. The van der Waals surface area contributed by atoms with Gasteiger partial charge in [-0.25, -0.2) is 0 Å². The largest absolute Gasteiger partial charge is 0.487 e. The molecule has 2 rings (SSSR count). The van der Waals surface area contributed by atoms with E-state index in [1.54, 1.807) is 0 Å². The summed E-state index contributed by atoms with van der Waals surface area (Å²) < 4.78 is 9.71. The van der Waals surface area contributed by atoms with Crippen molar-refractivity contribution in [2.75, 3.05) is 11.9 Å². The molecule has 1 aromatic heterocycles. The molecule has 108 valence electrons. The van der Waals surface area contributed by atoms with Gasteiger partial charge in [0.2, 0.25) is 0 Å². The van der Waals surface area contributed by atoms with Gasteiger partial charge in [-0.2, -0.15) is 0 Å². The van der Waals surface area contributed by atoms with Crippen LogP contribution in [0.25, 0.3) is 0 Å². The van der Waals surface area contributed by atoms with Crippen LogP contribution in [0.1, 0.15) is 37.9 Å². The first-order valence-electron chi connectivity index (χ1n) is 7.10. The Morgan fingerprint density at radius 2 is 2.00 bits per heavy atom. The number of rotatable bonds is 8. The molecule has 20 heavy (non-hydrogen) atoms. The number of hydrogen-bond acceptors (Lipinski definition) is 5. The average molecular weight is 291 g/mol. The zero-order chi connectivity index (χ0) is 14.2. The SMILES string of the molecule is CCCCc1ccc(OCc2nnsc2NCC)cc1. The maximum Gasteiger partial charge on any atom is 0.136 e. The third-order valence-corrected chi connectivity index (χ3v) is 3.74. The molecule has 0 atom stereocenters. The molecule has 0 aliphatic carbocycles. The van der Waals surface area contributed by atoms with Gasteiger partial charge in [0.05, 0.1) is 0 Å². The molecule has 0 saturated carbocycles. The molecule has 1 N–H and O–H groups in total. The second-order valence-electron chi connectivity index (χ2n) is 4.62. The van der Waals surface area contributed by atoms with E-state index >= 15 is 0 Å². The summed E-state index contributed by atoms with van der Waals surface area (Å²) in [6.45, 7) is 5.58. The van der Waals surface area contributed by atoms with Crippen molar-refractivity contribution < 1.29 is 4.74 Å². The summed E-state index contributed by atoms with van der Waals surface area (Å²) in [7, 11) is 0. The Morgan fingerprint density at radius 3 is 2.70 bits per heavy atom. The van der Waals surface area contributed by atoms with Crippen LogP contribution < -0.4 is 10.1 Å². The van der Waals surface area contributed by atoms with Gasteiger partial charge < -0.3 is 10.1 Å². The molecular weight excluding hydrogens is 270 g/mol. The van der Waals surface area contributed by atoms with E-state index in [2.05, 4.69) is 40.9 Å². The summed E-state index contributed by atoms with van der Waals surface area (Å²) >= 11 is 1.37. The second kappa shape index (κ2) is 7.85. The van der Waals surface area contributed by atoms with Crippen LogP contribution in [0, 0.1) is 0 Å². The third-order valence-electron chi connectivity index (χ3n) is 3.01. The molecular formula is C15H21N3OS. The van der Waals surface area contributed by atoms with Crippen molar-refractivity contribution in [3.05, 3.63) is 35.5 Å². The van der Waals surface area contributed by atoms with E-state index in [1.807, 2.05) is 12.1 Å². The van der Waals surface area contributed by atoms with Crippen LogP contribution in [-0.2, 0) is 13.0 Å². The minimum absolute atomic E-state index is 0.452. The van der Waals surface area contributed by atoms with Crippen LogP contribution in [0.3, 0.4) is 0 Å². The highest BCUT2D eigenvalue weighted by molar-refractivity contribution is 7.10. The van der Waals surface area contributed by atoms with E-state index in [0.717, 1.165) is 29.4 Å². The van der Waals surface area contributed by atoms with Gasteiger partial charge in [0.25, 0.3) is 0 Å². The fourth-order valence-electron chi connectivity index (χ4n) is 1.88. The van der Waals surface area contributed by atoms with E-state index in [1.165, 1.54) is 29.9 Å². The number of ether oxygens (including phenoxy) is 1. The van der Waals surface area contributed by atoms with Gasteiger partial charge in [-0.15, -0.1) is 5.10 Å². The van der Waals surface area contributed by atoms with Crippen molar-refractivity contribution in [3.8, 4) is 5.75 Å². The number of aromatic nitrogens is 2. The number of nitrogens with one attached hydrogen (secondary N) is 1. The Hall–Kier alpha value is -1.62. The molecule has 1 heterocycles. The van der Waals surface area contributed by atoms with Gasteiger partial charge in [-0.1, -0.05) is 30.0 Å². The first-order chi connectivity index (χ1) is 9.83. The molecule has 1 aromatic carbocycles. The lowest BCUT2D eigenvalue weighted by Crippen LogP contribution is -2.02. The molecule has 0 bridgehead atoms. The highest BCUT2D eigenvalue weighted by Crippen LogP contribution is 2.20. The Bertz CT molecular complexity index is 510. The van der Waals surface area contributed by atoms with Crippen molar-refractivity contribution in [2.24, 2.45) is 0 Å². The first kappa shape index (κ1) is 14.8. The van der Waals surface area contributed by atoms with E-state index in [-0.39, 0.29) is 0 Å². The Morgan fingerprint density at radius 1 is 1.20 bits per heavy atom. The van der Waals surface area contributed by atoms with Crippen molar-refractivity contribution in [1.82, 2.24) is 9.59 Å². The summed E-state index contributed by atoms with van der Waals surface area (Å²) in [5.41, 5.74) is 2.23. The summed E-state index contributed by atoms with van der Waals surface area (Å²) in [4.78, 5) is 0. The summed E-state index contributed by atoms with van der Waals surface area (Å²) in [6.07, 6.45) is 3.59. The highest BCUT2D eigenvalue weighted by Gasteiger charge is 2.07. The fourth-order valence-corrected chi connectivity index (χ4v) is 2.52. The van der Waals surface area contributed by atoms with Crippen molar-refractivity contribution >= 4 is 16.5 Å². The molecule has 0 saturated heterocycles. The lowest BCUT2D eigenvalue weighted by atomic mass is 10.1. The van der Waals surface area contributed by atoms with Crippen molar-refractivity contribution in [3.63, 3.8) is 0 Å². The van der Waals surface area contributed by atoms with Gasteiger partial charge in [-0.05, 0) is 37.5 Å². The van der Waals surface area contributed by atoms with Crippen LogP contribution in [0.15, 0.2) is 24.3 Å². The number of anilines is 1. The minimum atomic E-state index is 0.452. The van der Waals surface area contributed by atoms with Gasteiger partial charge in [0, 0.05) is 18.1 Å². The lowest BCUT2D eigenvalue weighted by molar-refractivity contribution is 0.301. The number of aryl methyl sites for hydroxylation is 1. The first-order valence-corrected chi connectivity index (χ1v) is 7.87. The number of hydrogen-bond donors (Lipinski definition) is 1. The summed E-state index contributed by atoms with van der Waals surface area (Å²) in [5.74, 6) is 0.876. The van der Waals surface area contributed by atoms with E-state index in [4.69, 9.17) is 4.74 Å². The van der Waals surface area contributed by atoms with E-state index < -0.39 is 0 Å². The topological polar surface area (TPSA) is 47.0 Å². The van der Waals surface area contributed by atoms with Crippen LogP contribution >= 0.6 is 11.5 Å². The Labute approximate surface area is 124 Å². The molecule has 5 heteroatoms. The predicted molar refractivity (Wildman–Crippen MR) is 83.5 cm³/mol. The summed E-state index contributed by atoms with van der Waals surface area (Å²) in [5, 5.41) is 8.32. The molecule has 0 aliphatic rings. The maximum absolute atomic E-state index is 5.76. The van der Waals surface area contributed by atoms with Crippen molar-refractivity contribution in [2.45, 2.75) is 39.7 Å². The normalized spacial score (nSPS) is 10.5. The molecule has 0 radical (unpaired) electrons. The Kier molecular flexibility index (Phi) is 5.80. The van der Waals surface area contributed by atoms with Crippen molar-refractivity contribution in [1.29, 1.82) is 0 Å². The van der Waals surface area contributed by atoms with Crippen LogP contribution in [0.5, 0.6) is 5.75 Å². The Balaban J connectivity index is 1.88. The number of unbranched alkanes of at least 4 members (excludes halogenated alkanes) is 1. The average Bonchev–Trinajstić information content (AvgIpc) is 2.92. The van der Waals surface area contributed by atoms with E-state index in [0.29, 0.717) is 6.61 Å². The highest BCUT2D eigenvalue weighted by atomic mass is 32.1. The monoisotopic (exact) mass is 291 g/mol. The van der Waals surface area contributed by atoms with Crippen LogP contribution in [-0.4, -0.2) is 16.1 Å². The smallest absolute Gasteiger partial charge is 0.136 e. The zero-order valence-corrected chi connectivity index (χ0v) is 12.9. The zero-order valence-electron chi connectivity index (χ0n) is 12.1. The number of nitrogens with zero attached hydrogens (tertiary/aromatic N) is 2. The van der Waals surface area contributed by atoms with Gasteiger partial charge in [0.1, 0.15) is 23.1 Å². The molecule has 0 fully saturated rings. The number of benzene rings is 1. The summed E-state index contributed by atoms with van der Waals surface area (Å²) in [6, 6.07) is 8.32. The lowest BCUT2D eigenvalue weighted by Gasteiger charge is -2.07. The standard InChI is InChI=1S/C15H21N3OS/c1-3-5-6-12-7-9-13(10-8-12)19-11-14-15(16-4-2)20-18-17-14/h7-10,16H,3-6,11H2,1-2H3.